The van der Waals surface area contributed by atoms with Crippen LogP contribution in [0.1, 0.15) is 52.9 Å². The molecule has 1 aliphatic carbocycles. The zero-order valence-electron chi connectivity index (χ0n) is 10.7. The first-order valence-electron chi connectivity index (χ1n) is 6.20. The van der Waals surface area contributed by atoms with Crippen molar-refractivity contribution in [2.75, 3.05) is 13.7 Å². The molecule has 1 N–H and O–H groups in total. The molecule has 0 heterocycles. The fourth-order valence-electron chi connectivity index (χ4n) is 2.81. The molecular formula is C13H26O2. The van der Waals surface area contributed by atoms with Crippen LogP contribution in [-0.2, 0) is 4.74 Å². The Morgan fingerprint density at radius 2 is 1.80 bits per heavy atom. The molecule has 3 atom stereocenters. The van der Waals surface area contributed by atoms with Crippen molar-refractivity contribution in [1.82, 2.24) is 0 Å². The molecule has 0 aromatic heterocycles. The topological polar surface area (TPSA) is 29.5 Å². The van der Waals surface area contributed by atoms with E-state index >= 15 is 0 Å². The first-order valence-corrected chi connectivity index (χ1v) is 6.20. The summed E-state index contributed by atoms with van der Waals surface area (Å²) < 4.78 is 5.20. The van der Waals surface area contributed by atoms with Crippen molar-refractivity contribution in [2.24, 2.45) is 10.8 Å². The summed E-state index contributed by atoms with van der Waals surface area (Å²) >= 11 is 0. The van der Waals surface area contributed by atoms with Crippen molar-refractivity contribution in [3.05, 3.63) is 0 Å². The minimum atomic E-state index is -0.174. The first kappa shape index (κ1) is 13.0. The van der Waals surface area contributed by atoms with E-state index in [0.29, 0.717) is 6.61 Å². The number of rotatable bonds is 7. The van der Waals surface area contributed by atoms with Crippen molar-refractivity contribution >= 4 is 0 Å². The van der Waals surface area contributed by atoms with Crippen LogP contribution in [0.3, 0.4) is 0 Å². The quantitative estimate of drug-likeness (QED) is 0.660. The Bertz CT molecular complexity index is 205. The molecule has 1 rings (SSSR count). The second-order valence-electron chi connectivity index (χ2n) is 5.48. The van der Waals surface area contributed by atoms with Gasteiger partial charge in [0.25, 0.3) is 0 Å². The smallest absolute Gasteiger partial charge is 0.0682 e. The molecule has 0 aromatic carbocycles. The monoisotopic (exact) mass is 214 g/mol. The molecule has 0 radical (unpaired) electrons. The van der Waals surface area contributed by atoms with Gasteiger partial charge in [-0.05, 0) is 6.42 Å². The number of hydrogen-bond donors (Lipinski definition) is 1. The van der Waals surface area contributed by atoms with Crippen molar-refractivity contribution in [1.29, 1.82) is 0 Å². The van der Waals surface area contributed by atoms with Crippen molar-refractivity contribution in [3.8, 4) is 0 Å². The van der Waals surface area contributed by atoms with Gasteiger partial charge in [-0.15, -0.1) is 0 Å². The van der Waals surface area contributed by atoms with Gasteiger partial charge in [0.1, 0.15) is 0 Å². The molecule has 2 nitrogen and oxygen atoms in total. The highest BCUT2D eigenvalue weighted by Crippen LogP contribution is 2.65. The van der Waals surface area contributed by atoms with Gasteiger partial charge in [-0.2, -0.15) is 0 Å². The van der Waals surface area contributed by atoms with E-state index < -0.39 is 0 Å². The Morgan fingerprint density at radius 3 is 2.33 bits per heavy atom. The minimum Gasteiger partial charge on any atom is -0.392 e. The van der Waals surface area contributed by atoms with Crippen LogP contribution in [0.25, 0.3) is 0 Å². The van der Waals surface area contributed by atoms with Crippen LogP contribution in [0.2, 0.25) is 0 Å². The summed E-state index contributed by atoms with van der Waals surface area (Å²) in [6, 6.07) is 0. The Kier molecular flexibility index (Phi) is 4.19. The highest BCUT2D eigenvalue weighted by molar-refractivity contribution is 5.18. The third kappa shape index (κ3) is 2.21. The van der Waals surface area contributed by atoms with E-state index in [1.165, 1.54) is 25.7 Å². The van der Waals surface area contributed by atoms with E-state index in [0.717, 1.165) is 6.42 Å². The fourth-order valence-corrected chi connectivity index (χ4v) is 2.81. The minimum absolute atomic E-state index is 0.00599. The lowest BCUT2D eigenvalue weighted by atomic mass is 9.91. The first-order chi connectivity index (χ1) is 7.03. The third-order valence-corrected chi connectivity index (χ3v) is 4.42. The van der Waals surface area contributed by atoms with Crippen molar-refractivity contribution in [2.45, 2.75) is 59.0 Å². The average Bonchev–Trinajstić information content (AvgIpc) is 2.61. The number of unbranched alkanes of at least 4 members (excludes halogenated alkanes) is 3. The molecule has 0 unspecified atom stereocenters. The number of aliphatic hydroxyl groups is 1. The highest BCUT2D eigenvalue weighted by Gasteiger charge is 2.69. The normalized spacial score (nSPS) is 39.4. The number of aliphatic hydroxyl groups excluding tert-OH is 1. The molecule has 90 valence electrons. The van der Waals surface area contributed by atoms with Gasteiger partial charge < -0.3 is 9.84 Å². The number of methoxy groups -OCH3 is 1. The van der Waals surface area contributed by atoms with Gasteiger partial charge in [0.05, 0.1) is 12.7 Å². The van der Waals surface area contributed by atoms with Gasteiger partial charge in [0.2, 0.25) is 0 Å². The molecular weight excluding hydrogens is 188 g/mol. The van der Waals surface area contributed by atoms with E-state index in [4.69, 9.17) is 4.74 Å². The molecule has 0 amide bonds. The molecule has 0 aliphatic heterocycles. The van der Waals surface area contributed by atoms with Crippen molar-refractivity contribution < 1.29 is 9.84 Å². The van der Waals surface area contributed by atoms with Crippen LogP contribution in [0.4, 0.5) is 0 Å². The lowest BCUT2D eigenvalue weighted by molar-refractivity contribution is 0.110. The molecule has 1 aliphatic rings. The Labute approximate surface area is 94.0 Å². The van der Waals surface area contributed by atoms with E-state index in [-0.39, 0.29) is 16.9 Å². The van der Waals surface area contributed by atoms with Crippen LogP contribution < -0.4 is 0 Å². The van der Waals surface area contributed by atoms with E-state index in [2.05, 4.69) is 20.8 Å². The Hall–Kier alpha value is -0.0800. The molecule has 0 aromatic rings. The number of hydrogen-bond acceptors (Lipinski definition) is 2. The summed E-state index contributed by atoms with van der Waals surface area (Å²) in [5.41, 5.74) is 0.0880. The maximum absolute atomic E-state index is 10.0. The van der Waals surface area contributed by atoms with Gasteiger partial charge in [0, 0.05) is 17.9 Å². The highest BCUT2D eigenvalue weighted by atomic mass is 16.5. The van der Waals surface area contributed by atoms with Crippen LogP contribution in [0.5, 0.6) is 0 Å². The van der Waals surface area contributed by atoms with Crippen LogP contribution in [0.15, 0.2) is 0 Å². The fraction of sp³-hybridized carbons (Fsp3) is 1.00. The molecule has 0 bridgehead atoms. The van der Waals surface area contributed by atoms with Gasteiger partial charge in [0.15, 0.2) is 0 Å². The zero-order chi connectivity index (χ0) is 11.5. The van der Waals surface area contributed by atoms with Gasteiger partial charge in [-0.25, -0.2) is 0 Å². The maximum Gasteiger partial charge on any atom is 0.0682 e. The maximum atomic E-state index is 10.0. The van der Waals surface area contributed by atoms with Gasteiger partial charge >= 0.3 is 0 Å². The van der Waals surface area contributed by atoms with Crippen molar-refractivity contribution in [3.63, 3.8) is 0 Å². The zero-order valence-corrected chi connectivity index (χ0v) is 10.7. The summed E-state index contributed by atoms with van der Waals surface area (Å²) in [7, 11) is 1.72. The van der Waals surface area contributed by atoms with E-state index in [1.807, 2.05) is 0 Å². The van der Waals surface area contributed by atoms with E-state index in [1.54, 1.807) is 7.11 Å². The second-order valence-corrected chi connectivity index (χ2v) is 5.48. The van der Waals surface area contributed by atoms with Crippen LogP contribution in [-0.4, -0.2) is 24.9 Å². The average molecular weight is 214 g/mol. The lowest BCUT2D eigenvalue weighted by Crippen LogP contribution is -2.14. The summed E-state index contributed by atoms with van der Waals surface area (Å²) in [5.74, 6) is 0. The summed E-state index contributed by atoms with van der Waals surface area (Å²) in [5, 5.41) is 10.0. The largest absolute Gasteiger partial charge is 0.392 e. The summed E-state index contributed by atoms with van der Waals surface area (Å²) in [6.07, 6.45) is 6.07. The van der Waals surface area contributed by atoms with Crippen LogP contribution >= 0.6 is 0 Å². The standard InChI is InChI=1S/C13H26O2/c1-5-6-7-8-9-12(2)11(14)13(12,3)10-15-4/h11,14H,5-10H2,1-4H3/t11-,12-,13-/m1/s1. The van der Waals surface area contributed by atoms with Gasteiger partial charge in [-0.1, -0.05) is 46.5 Å². The predicted octanol–water partition coefficient (Wildman–Crippen LogP) is 2.99. The van der Waals surface area contributed by atoms with E-state index in [9.17, 15) is 5.11 Å². The summed E-state index contributed by atoms with van der Waals surface area (Å²) in [4.78, 5) is 0. The predicted molar refractivity (Wildman–Crippen MR) is 62.9 cm³/mol. The molecule has 1 saturated carbocycles. The second kappa shape index (κ2) is 4.84. The molecule has 15 heavy (non-hydrogen) atoms. The van der Waals surface area contributed by atoms with Crippen LogP contribution in [0, 0.1) is 10.8 Å². The molecule has 0 spiro atoms. The molecule has 2 heteroatoms. The lowest BCUT2D eigenvalue weighted by Gasteiger charge is -2.16. The van der Waals surface area contributed by atoms with Gasteiger partial charge in [-0.3, -0.25) is 0 Å². The SMILES string of the molecule is CCCCCC[C@]1(C)[C@@H](O)[C@@]1(C)COC. The Morgan fingerprint density at radius 1 is 1.13 bits per heavy atom. The molecule has 1 fully saturated rings. The Balaban J connectivity index is 2.34. The summed E-state index contributed by atoms with van der Waals surface area (Å²) in [6.45, 7) is 7.24. The third-order valence-electron chi connectivity index (χ3n) is 4.42. The molecule has 0 saturated heterocycles. The number of ether oxygens (including phenoxy) is 1.